The van der Waals surface area contributed by atoms with Gasteiger partial charge in [-0.1, -0.05) is 19.1 Å². The zero-order valence-electron chi connectivity index (χ0n) is 10.1. The molecule has 0 atom stereocenters. The summed E-state index contributed by atoms with van der Waals surface area (Å²) in [6.07, 6.45) is 3.95. The second kappa shape index (κ2) is 5.64. The van der Waals surface area contributed by atoms with Crippen LogP contribution in [0.4, 0.5) is 0 Å². The molecule has 17 heavy (non-hydrogen) atoms. The molecule has 0 amide bonds. The molecule has 2 aromatic rings. The van der Waals surface area contributed by atoms with Crippen LogP contribution in [0.1, 0.15) is 23.7 Å². The van der Waals surface area contributed by atoms with Gasteiger partial charge in [-0.25, -0.2) is 0 Å². The minimum Gasteiger partial charge on any atom is -0.380 e. The summed E-state index contributed by atoms with van der Waals surface area (Å²) in [5.74, 6) is 0. The maximum Gasteiger partial charge on any atom is 0.152 e. The van der Waals surface area contributed by atoms with Crippen molar-refractivity contribution in [2.24, 2.45) is 0 Å². The lowest BCUT2D eigenvalue weighted by Crippen LogP contribution is -2.06. The average Bonchev–Trinajstić information content (AvgIpc) is 2.78. The first-order chi connectivity index (χ1) is 8.36. The highest BCUT2D eigenvalue weighted by atomic mass is 16.5. The van der Waals surface area contributed by atoms with E-state index in [4.69, 9.17) is 4.74 Å². The molecule has 0 aliphatic heterocycles. The molecule has 0 saturated carbocycles. The highest BCUT2D eigenvalue weighted by Gasteiger charge is 2.05. The Balaban J connectivity index is 2.19. The maximum absolute atomic E-state index is 11.0. The number of aromatic nitrogens is 1. The number of carbonyl (C=O) groups is 1. The van der Waals surface area contributed by atoms with Crippen LogP contribution in [0.25, 0.3) is 10.9 Å². The Bertz CT molecular complexity index is 502. The van der Waals surface area contributed by atoms with Crippen molar-refractivity contribution in [2.45, 2.75) is 19.9 Å². The van der Waals surface area contributed by atoms with Gasteiger partial charge in [0.1, 0.15) is 0 Å². The van der Waals surface area contributed by atoms with Crippen LogP contribution in [-0.2, 0) is 11.3 Å². The summed E-state index contributed by atoms with van der Waals surface area (Å²) in [6.45, 7) is 4.36. The lowest BCUT2D eigenvalue weighted by atomic mass is 10.1. The third kappa shape index (κ3) is 2.56. The monoisotopic (exact) mass is 231 g/mol. The van der Waals surface area contributed by atoms with Gasteiger partial charge >= 0.3 is 0 Å². The number of ether oxygens (including phenoxy) is 1. The first-order valence-electron chi connectivity index (χ1n) is 5.97. The van der Waals surface area contributed by atoms with Gasteiger partial charge in [0, 0.05) is 30.3 Å². The van der Waals surface area contributed by atoms with Crippen molar-refractivity contribution < 1.29 is 9.53 Å². The van der Waals surface area contributed by atoms with E-state index >= 15 is 0 Å². The molecule has 3 nitrogen and oxygen atoms in total. The van der Waals surface area contributed by atoms with Gasteiger partial charge in [0.2, 0.25) is 0 Å². The van der Waals surface area contributed by atoms with Gasteiger partial charge in [-0.05, 0) is 18.6 Å². The van der Waals surface area contributed by atoms with Crippen molar-refractivity contribution in [3.63, 3.8) is 0 Å². The van der Waals surface area contributed by atoms with E-state index in [0.29, 0.717) is 6.61 Å². The minimum absolute atomic E-state index is 0.685. The van der Waals surface area contributed by atoms with E-state index in [1.54, 1.807) is 0 Å². The molecule has 0 fully saturated rings. The van der Waals surface area contributed by atoms with Gasteiger partial charge in [0.15, 0.2) is 6.29 Å². The fourth-order valence-electron chi connectivity index (χ4n) is 1.98. The number of rotatable bonds is 6. The smallest absolute Gasteiger partial charge is 0.152 e. The van der Waals surface area contributed by atoms with Gasteiger partial charge in [0.25, 0.3) is 0 Å². The summed E-state index contributed by atoms with van der Waals surface area (Å²) < 4.78 is 7.55. The van der Waals surface area contributed by atoms with Gasteiger partial charge < -0.3 is 9.30 Å². The van der Waals surface area contributed by atoms with Crippen LogP contribution in [0.2, 0.25) is 0 Å². The van der Waals surface area contributed by atoms with E-state index in [9.17, 15) is 4.79 Å². The van der Waals surface area contributed by atoms with Gasteiger partial charge in [-0.2, -0.15) is 0 Å². The first kappa shape index (κ1) is 11.9. The normalized spacial score (nSPS) is 10.9. The Morgan fingerprint density at radius 1 is 1.29 bits per heavy atom. The molecule has 0 unspecified atom stereocenters. The van der Waals surface area contributed by atoms with E-state index < -0.39 is 0 Å². The predicted octanol–water partition coefficient (Wildman–Crippen LogP) is 2.88. The molecule has 2 rings (SSSR count). The second-order valence-corrected chi connectivity index (χ2v) is 4.02. The highest BCUT2D eigenvalue weighted by molar-refractivity contribution is 5.96. The Morgan fingerprint density at radius 3 is 2.94 bits per heavy atom. The number of fused-ring (bicyclic) bond motifs is 1. The molecule has 90 valence electrons. The number of aldehydes is 1. The lowest BCUT2D eigenvalue weighted by Gasteiger charge is -2.07. The molecule has 0 radical (unpaired) electrons. The standard InChI is InChI=1S/C14H17NO2/c1-2-9-17-10-8-15-7-6-12-4-3-5-13(11-16)14(12)15/h3-7,11H,2,8-10H2,1H3. The summed E-state index contributed by atoms with van der Waals surface area (Å²) in [7, 11) is 0. The largest absolute Gasteiger partial charge is 0.380 e. The summed E-state index contributed by atoms with van der Waals surface area (Å²) in [6, 6.07) is 7.80. The zero-order valence-corrected chi connectivity index (χ0v) is 10.1. The molecular weight excluding hydrogens is 214 g/mol. The van der Waals surface area contributed by atoms with E-state index in [0.717, 1.165) is 42.3 Å². The van der Waals surface area contributed by atoms with Crippen molar-refractivity contribution in [1.82, 2.24) is 4.57 Å². The fourth-order valence-corrected chi connectivity index (χ4v) is 1.98. The fraction of sp³-hybridized carbons (Fsp3) is 0.357. The van der Waals surface area contributed by atoms with Crippen LogP contribution < -0.4 is 0 Å². The van der Waals surface area contributed by atoms with Crippen molar-refractivity contribution in [3.05, 3.63) is 36.0 Å². The summed E-state index contributed by atoms with van der Waals surface area (Å²) >= 11 is 0. The van der Waals surface area contributed by atoms with Crippen molar-refractivity contribution in [3.8, 4) is 0 Å². The zero-order chi connectivity index (χ0) is 12.1. The van der Waals surface area contributed by atoms with Crippen LogP contribution >= 0.6 is 0 Å². The number of para-hydroxylation sites is 1. The third-order valence-electron chi connectivity index (χ3n) is 2.77. The number of hydrogen-bond donors (Lipinski definition) is 0. The van der Waals surface area contributed by atoms with Gasteiger partial charge in [-0.3, -0.25) is 4.79 Å². The molecule has 1 heterocycles. The van der Waals surface area contributed by atoms with E-state index in [-0.39, 0.29) is 0 Å². The van der Waals surface area contributed by atoms with E-state index in [2.05, 4.69) is 11.5 Å². The van der Waals surface area contributed by atoms with Crippen molar-refractivity contribution in [2.75, 3.05) is 13.2 Å². The highest BCUT2D eigenvalue weighted by Crippen LogP contribution is 2.18. The number of benzene rings is 1. The summed E-state index contributed by atoms with van der Waals surface area (Å²) in [5, 5.41) is 1.10. The Morgan fingerprint density at radius 2 is 2.18 bits per heavy atom. The molecule has 0 aliphatic carbocycles. The maximum atomic E-state index is 11.0. The van der Waals surface area contributed by atoms with E-state index in [1.807, 2.05) is 30.5 Å². The molecule has 0 aliphatic rings. The van der Waals surface area contributed by atoms with E-state index in [1.165, 1.54) is 0 Å². The lowest BCUT2D eigenvalue weighted by molar-refractivity contribution is 0.112. The molecular formula is C14H17NO2. The van der Waals surface area contributed by atoms with Gasteiger partial charge in [-0.15, -0.1) is 0 Å². The van der Waals surface area contributed by atoms with Gasteiger partial charge in [0.05, 0.1) is 12.1 Å². The topological polar surface area (TPSA) is 31.2 Å². The summed E-state index contributed by atoms with van der Waals surface area (Å²) in [5.41, 5.74) is 1.74. The molecule has 0 bridgehead atoms. The van der Waals surface area contributed by atoms with Crippen LogP contribution in [0.3, 0.4) is 0 Å². The Kier molecular flexibility index (Phi) is 3.94. The molecule has 1 aromatic heterocycles. The first-order valence-corrected chi connectivity index (χ1v) is 5.97. The van der Waals surface area contributed by atoms with Crippen LogP contribution in [0.15, 0.2) is 30.5 Å². The Labute approximate surface area is 101 Å². The second-order valence-electron chi connectivity index (χ2n) is 4.02. The number of nitrogens with zero attached hydrogens (tertiary/aromatic N) is 1. The molecule has 0 N–H and O–H groups in total. The predicted molar refractivity (Wildman–Crippen MR) is 68.4 cm³/mol. The van der Waals surface area contributed by atoms with Crippen LogP contribution in [0, 0.1) is 0 Å². The molecule has 0 saturated heterocycles. The quantitative estimate of drug-likeness (QED) is 0.565. The van der Waals surface area contributed by atoms with Crippen LogP contribution in [0.5, 0.6) is 0 Å². The number of hydrogen-bond acceptors (Lipinski definition) is 2. The average molecular weight is 231 g/mol. The molecule has 1 aromatic carbocycles. The molecule has 0 spiro atoms. The molecule has 3 heteroatoms. The number of carbonyl (C=O) groups excluding carboxylic acids is 1. The van der Waals surface area contributed by atoms with Crippen LogP contribution in [-0.4, -0.2) is 24.1 Å². The van der Waals surface area contributed by atoms with Crippen molar-refractivity contribution >= 4 is 17.2 Å². The third-order valence-corrected chi connectivity index (χ3v) is 2.77. The SMILES string of the molecule is CCCOCCn1ccc2cccc(C=O)c21. The van der Waals surface area contributed by atoms with Crippen molar-refractivity contribution in [1.29, 1.82) is 0 Å². The minimum atomic E-state index is 0.685. The Hall–Kier alpha value is -1.61. The summed E-state index contributed by atoms with van der Waals surface area (Å²) in [4.78, 5) is 11.0.